The molecule has 0 aliphatic carbocycles. The topological polar surface area (TPSA) is 30.7 Å². The van der Waals surface area contributed by atoms with Crippen LogP contribution in [0.2, 0.25) is 0 Å². The highest BCUT2D eigenvalue weighted by molar-refractivity contribution is 9.10. The molecule has 0 radical (unpaired) electrons. The zero-order chi connectivity index (χ0) is 13.2. The van der Waals surface area contributed by atoms with Crippen LogP contribution in [0.3, 0.4) is 0 Å². The number of aryl methyl sites for hydroxylation is 1. The molecular formula is C14H11Br2N3. The summed E-state index contributed by atoms with van der Waals surface area (Å²) in [5, 5.41) is 11.6. The Morgan fingerprint density at radius 3 is 2.63 bits per heavy atom. The van der Waals surface area contributed by atoms with Crippen molar-refractivity contribution in [1.29, 1.82) is 0 Å². The third kappa shape index (κ3) is 2.44. The van der Waals surface area contributed by atoms with Crippen molar-refractivity contribution in [2.45, 2.75) is 6.42 Å². The van der Waals surface area contributed by atoms with E-state index in [-0.39, 0.29) is 0 Å². The largest absolute Gasteiger partial charge is 0.220 e. The first kappa shape index (κ1) is 12.8. The predicted molar refractivity (Wildman–Crippen MR) is 84.1 cm³/mol. The maximum Gasteiger partial charge on any atom is 0.0840 e. The first-order valence-electron chi connectivity index (χ1n) is 5.94. The van der Waals surface area contributed by atoms with E-state index >= 15 is 0 Å². The molecule has 96 valence electrons. The van der Waals surface area contributed by atoms with Crippen LogP contribution in [0.5, 0.6) is 0 Å². The fourth-order valence-electron chi connectivity index (χ4n) is 2.07. The number of aromatic nitrogens is 3. The molecule has 1 heterocycles. The van der Waals surface area contributed by atoms with Crippen LogP contribution in [0.1, 0.15) is 5.69 Å². The van der Waals surface area contributed by atoms with Crippen LogP contribution in [-0.2, 0) is 6.42 Å². The summed E-state index contributed by atoms with van der Waals surface area (Å²) in [6.45, 7) is 0. The molecule has 0 aliphatic heterocycles. The summed E-state index contributed by atoms with van der Waals surface area (Å²) >= 11 is 7.00. The summed E-state index contributed by atoms with van der Waals surface area (Å²) in [4.78, 5) is 0. The van der Waals surface area contributed by atoms with Gasteiger partial charge in [-0.05, 0) is 17.5 Å². The predicted octanol–water partition coefficient (Wildman–Crippen LogP) is 4.12. The quantitative estimate of drug-likeness (QED) is 0.640. The van der Waals surface area contributed by atoms with Crippen LogP contribution in [0, 0.1) is 0 Å². The normalized spacial score (nSPS) is 11.1. The van der Waals surface area contributed by atoms with Gasteiger partial charge in [0, 0.05) is 21.6 Å². The third-order valence-corrected chi connectivity index (χ3v) is 4.07. The molecule has 3 nitrogen and oxygen atoms in total. The Balaban J connectivity index is 2.16. The molecule has 0 unspecified atom stereocenters. The van der Waals surface area contributed by atoms with E-state index in [2.05, 4.69) is 60.4 Å². The van der Waals surface area contributed by atoms with Crippen molar-refractivity contribution >= 4 is 42.6 Å². The summed E-state index contributed by atoms with van der Waals surface area (Å²) in [6, 6.07) is 12.4. The monoisotopic (exact) mass is 379 g/mol. The molecule has 0 aliphatic rings. The highest BCUT2D eigenvalue weighted by atomic mass is 79.9. The van der Waals surface area contributed by atoms with E-state index in [1.165, 1.54) is 5.39 Å². The van der Waals surface area contributed by atoms with E-state index < -0.39 is 0 Å². The molecule has 0 N–H and O–H groups in total. The van der Waals surface area contributed by atoms with Gasteiger partial charge in [-0.3, -0.25) is 0 Å². The Morgan fingerprint density at radius 2 is 1.84 bits per heavy atom. The standard InChI is InChI=1S/C14H11Br2N3/c15-8-7-10-9-19(18-17-10)14-6-5-13(16)11-3-1-2-4-12(11)14/h1-6,9H,7-8H2. The average Bonchev–Trinajstić information content (AvgIpc) is 2.88. The summed E-state index contributed by atoms with van der Waals surface area (Å²) in [5.74, 6) is 0. The summed E-state index contributed by atoms with van der Waals surface area (Å²) in [5.41, 5.74) is 2.04. The van der Waals surface area contributed by atoms with Crippen molar-refractivity contribution in [2.24, 2.45) is 0 Å². The maximum absolute atomic E-state index is 4.22. The number of fused-ring (bicyclic) bond motifs is 1. The lowest BCUT2D eigenvalue weighted by molar-refractivity contribution is 0.802. The first-order valence-corrected chi connectivity index (χ1v) is 7.86. The third-order valence-electron chi connectivity index (χ3n) is 2.99. The van der Waals surface area contributed by atoms with Crippen molar-refractivity contribution in [3.63, 3.8) is 0 Å². The van der Waals surface area contributed by atoms with Crippen molar-refractivity contribution in [1.82, 2.24) is 15.0 Å². The molecule has 0 fully saturated rings. The molecule has 0 saturated heterocycles. The average molecular weight is 381 g/mol. The molecule has 19 heavy (non-hydrogen) atoms. The van der Waals surface area contributed by atoms with Crippen LogP contribution < -0.4 is 0 Å². The van der Waals surface area contributed by atoms with Gasteiger partial charge >= 0.3 is 0 Å². The van der Waals surface area contributed by atoms with Crippen molar-refractivity contribution in [3.05, 3.63) is 52.8 Å². The van der Waals surface area contributed by atoms with Crippen LogP contribution in [-0.4, -0.2) is 20.3 Å². The second-order valence-corrected chi connectivity index (χ2v) is 5.85. The molecule has 0 atom stereocenters. The molecule has 3 rings (SSSR count). The van der Waals surface area contributed by atoms with E-state index in [9.17, 15) is 0 Å². The molecule has 5 heteroatoms. The molecular weight excluding hydrogens is 370 g/mol. The number of benzene rings is 2. The minimum absolute atomic E-state index is 0.883. The SMILES string of the molecule is BrCCc1cn(-c2ccc(Br)c3ccccc23)nn1. The first-order chi connectivity index (χ1) is 9.29. The summed E-state index contributed by atoms with van der Waals surface area (Å²) in [6.07, 6.45) is 2.87. The fraction of sp³-hybridized carbons (Fsp3) is 0.143. The molecule has 0 amide bonds. The van der Waals surface area contributed by atoms with Gasteiger partial charge in [-0.25, -0.2) is 4.68 Å². The summed E-state index contributed by atoms with van der Waals surface area (Å²) < 4.78 is 2.93. The van der Waals surface area contributed by atoms with Gasteiger partial charge in [0.2, 0.25) is 0 Å². The highest BCUT2D eigenvalue weighted by Gasteiger charge is 2.08. The molecule has 3 aromatic rings. The number of nitrogens with zero attached hydrogens (tertiary/aromatic N) is 3. The lowest BCUT2D eigenvalue weighted by Crippen LogP contribution is -1.96. The smallest absolute Gasteiger partial charge is 0.0840 e. The van der Waals surface area contributed by atoms with Crippen LogP contribution in [0.25, 0.3) is 16.5 Å². The fourth-order valence-corrected chi connectivity index (χ4v) is 2.96. The minimum atomic E-state index is 0.883. The zero-order valence-corrected chi connectivity index (χ0v) is 13.2. The van der Waals surface area contributed by atoms with Gasteiger partial charge in [-0.1, -0.05) is 61.3 Å². The number of halogens is 2. The van der Waals surface area contributed by atoms with E-state index in [1.54, 1.807) is 0 Å². The van der Waals surface area contributed by atoms with Crippen LogP contribution in [0.4, 0.5) is 0 Å². The molecule has 1 aromatic heterocycles. The lowest BCUT2D eigenvalue weighted by Gasteiger charge is -2.07. The summed E-state index contributed by atoms with van der Waals surface area (Å²) in [7, 11) is 0. The second kappa shape index (κ2) is 5.43. The number of rotatable bonds is 3. The van der Waals surface area contributed by atoms with Crippen molar-refractivity contribution in [2.75, 3.05) is 5.33 Å². The van der Waals surface area contributed by atoms with Crippen molar-refractivity contribution in [3.8, 4) is 5.69 Å². The molecule has 0 saturated carbocycles. The Bertz CT molecular complexity index is 722. The van der Waals surface area contributed by atoms with E-state index in [0.29, 0.717) is 0 Å². The minimum Gasteiger partial charge on any atom is -0.220 e. The van der Waals surface area contributed by atoms with E-state index in [0.717, 1.165) is 33.0 Å². The second-order valence-electron chi connectivity index (χ2n) is 4.21. The Labute approximate surface area is 127 Å². The Kier molecular flexibility index (Phi) is 3.66. The maximum atomic E-state index is 4.22. The molecule has 2 aromatic carbocycles. The van der Waals surface area contributed by atoms with Gasteiger partial charge in [-0.15, -0.1) is 5.10 Å². The highest BCUT2D eigenvalue weighted by Crippen LogP contribution is 2.28. The Morgan fingerprint density at radius 1 is 1.05 bits per heavy atom. The van der Waals surface area contributed by atoms with Gasteiger partial charge < -0.3 is 0 Å². The van der Waals surface area contributed by atoms with Gasteiger partial charge in [0.15, 0.2) is 0 Å². The zero-order valence-electron chi connectivity index (χ0n) is 10.1. The van der Waals surface area contributed by atoms with Gasteiger partial charge in [0.25, 0.3) is 0 Å². The van der Waals surface area contributed by atoms with Crippen LogP contribution >= 0.6 is 31.9 Å². The lowest BCUT2D eigenvalue weighted by atomic mass is 10.1. The van der Waals surface area contributed by atoms with E-state index in [4.69, 9.17) is 0 Å². The van der Waals surface area contributed by atoms with Gasteiger partial charge in [0.05, 0.1) is 17.6 Å². The van der Waals surface area contributed by atoms with Crippen molar-refractivity contribution < 1.29 is 0 Å². The molecule has 0 bridgehead atoms. The van der Waals surface area contributed by atoms with E-state index in [1.807, 2.05) is 29.1 Å². The van der Waals surface area contributed by atoms with Crippen LogP contribution in [0.15, 0.2) is 47.1 Å². The van der Waals surface area contributed by atoms with Gasteiger partial charge in [-0.2, -0.15) is 0 Å². The molecule has 0 spiro atoms. The number of alkyl halides is 1. The Hall–Kier alpha value is -1.20. The number of hydrogen-bond acceptors (Lipinski definition) is 2. The van der Waals surface area contributed by atoms with Gasteiger partial charge in [0.1, 0.15) is 0 Å². The number of hydrogen-bond donors (Lipinski definition) is 0.